The molecule has 4 aliphatic carbocycles. The van der Waals surface area contributed by atoms with Crippen molar-refractivity contribution < 1.29 is 29.6 Å². The molecule has 0 radical (unpaired) electrons. The first-order valence-corrected chi connectivity index (χ1v) is 8.86. The third-order valence-electron chi connectivity index (χ3n) is 8.12. The van der Waals surface area contributed by atoms with Gasteiger partial charge in [0.05, 0.1) is 17.6 Å². The molecule has 4 fully saturated rings. The van der Waals surface area contributed by atoms with Gasteiger partial charge in [-0.1, -0.05) is 12.7 Å². The molecule has 1 aliphatic heterocycles. The molecule has 1 unspecified atom stereocenters. The number of carbonyl (C=O) groups excluding carboxylic acids is 1. The Labute approximate surface area is 145 Å². The van der Waals surface area contributed by atoms with Gasteiger partial charge in [0, 0.05) is 11.8 Å². The van der Waals surface area contributed by atoms with Crippen LogP contribution in [0.25, 0.3) is 0 Å². The number of rotatable bonds is 1. The molecule has 1 spiro atoms. The molecule has 6 nitrogen and oxygen atoms in total. The van der Waals surface area contributed by atoms with Crippen LogP contribution < -0.4 is 0 Å². The summed E-state index contributed by atoms with van der Waals surface area (Å²) in [6.07, 6.45) is 4.11. The number of aliphatic hydroxyl groups is 2. The van der Waals surface area contributed by atoms with Crippen molar-refractivity contribution in [1.82, 2.24) is 0 Å². The Morgan fingerprint density at radius 1 is 1.44 bits per heavy atom. The zero-order valence-electron chi connectivity index (χ0n) is 14.1. The van der Waals surface area contributed by atoms with Gasteiger partial charge in [-0.05, 0) is 49.7 Å². The molecule has 1 heterocycles. The van der Waals surface area contributed by atoms with Crippen molar-refractivity contribution >= 4 is 11.9 Å². The summed E-state index contributed by atoms with van der Waals surface area (Å²) in [4.78, 5) is 25.1. The molecule has 6 heteroatoms. The maximum Gasteiger partial charge on any atom is 0.316 e. The van der Waals surface area contributed by atoms with Crippen LogP contribution in [0.5, 0.6) is 0 Å². The zero-order chi connectivity index (χ0) is 18.0. The number of hydrogen-bond donors (Lipinski definition) is 3. The third kappa shape index (κ3) is 1.36. The number of fused-ring (bicyclic) bond motifs is 1. The van der Waals surface area contributed by atoms with E-state index < -0.39 is 51.9 Å². The fourth-order valence-corrected chi connectivity index (χ4v) is 7.13. The Kier molecular flexibility index (Phi) is 2.50. The quantitative estimate of drug-likeness (QED) is 0.484. The predicted molar refractivity (Wildman–Crippen MR) is 85.2 cm³/mol. The van der Waals surface area contributed by atoms with Crippen LogP contribution in [0, 0.1) is 28.6 Å². The molecule has 3 saturated carbocycles. The Balaban J connectivity index is 1.78. The van der Waals surface area contributed by atoms with E-state index in [2.05, 4.69) is 6.58 Å². The highest BCUT2D eigenvalue weighted by Gasteiger charge is 2.83. The van der Waals surface area contributed by atoms with Gasteiger partial charge < -0.3 is 20.1 Å². The Morgan fingerprint density at radius 2 is 2.16 bits per heavy atom. The molecular formula is C19H22O6. The summed E-state index contributed by atoms with van der Waals surface area (Å²) in [5.74, 6) is -3.18. The summed E-state index contributed by atoms with van der Waals surface area (Å²) in [5, 5.41) is 31.6. The van der Waals surface area contributed by atoms with Crippen LogP contribution in [-0.2, 0) is 14.3 Å². The van der Waals surface area contributed by atoms with Crippen LogP contribution in [0.4, 0.5) is 0 Å². The van der Waals surface area contributed by atoms with Crippen molar-refractivity contribution in [3.63, 3.8) is 0 Å². The lowest BCUT2D eigenvalue weighted by molar-refractivity contribution is -0.163. The first-order valence-electron chi connectivity index (χ1n) is 8.86. The summed E-state index contributed by atoms with van der Waals surface area (Å²) in [7, 11) is 0. The van der Waals surface area contributed by atoms with Crippen LogP contribution in [0.15, 0.2) is 24.3 Å². The van der Waals surface area contributed by atoms with Crippen LogP contribution in [0.2, 0.25) is 0 Å². The standard InChI is InChI=1S/C19H22O6/c1-9-7-17-8-18(9,24)5-3-10(17)19-6-4-11(20)16(2,15(23)25-19)13(19)12(17)14(21)22/h4,6,10-13,20,24H,1,3,5,7-8H2,2H3,(H,21,22)/t10-,11?,12+,13-,16+,17-,18-,19+/m0/s1. The number of esters is 1. The molecule has 0 aromatic rings. The van der Waals surface area contributed by atoms with Gasteiger partial charge in [-0.25, -0.2) is 0 Å². The molecule has 0 aromatic heterocycles. The summed E-state index contributed by atoms with van der Waals surface area (Å²) in [6.45, 7) is 5.64. The van der Waals surface area contributed by atoms with E-state index in [-0.39, 0.29) is 5.92 Å². The normalized spacial score (nSPS) is 58.0. The first kappa shape index (κ1) is 15.6. The number of carboxylic acids is 1. The van der Waals surface area contributed by atoms with Crippen LogP contribution in [0.1, 0.15) is 32.6 Å². The highest BCUT2D eigenvalue weighted by atomic mass is 16.6. The summed E-state index contributed by atoms with van der Waals surface area (Å²) in [6, 6.07) is 0. The predicted octanol–water partition coefficient (Wildman–Crippen LogP) is 1.03. The Hall–Kier alpha value is -1.66. The molecule has 5 rings (SSSR count). The van der Waals surface area contributed by atoms with Crippen LogP contribution >= 0.6 is 0 Å². The van der Waals surface area contributed by atoms with E-state index in [1.165, 1.54) is 0 Å². The lowest BCUT2D eigenvalue weighted by Gasteiger charge is -2.44. The lowest BCUT2D eigenvalue weighted by atomic mass is 9.61. The van der Waals surface area contributed by atoms with Crippen molar-refractivity contribution in [2.75, 3.05) is 0 Å². The molecule has 3 N–H and O–H groups in total. The first-order chi connectivity index (χ1) is 11.6. The largest absolute Gasteiger partial charge is 0.481 e. The van der Waals surface area contributed by atoms with Crippen molar-refractivity contribution in [1.29, 1.82) is 0 Å². The van der Waals surface area contributed by atoms with Gasteiger partial charge in [-0.3, -0.25) is 9.59 Å². The fourth-order valence-electron chi connectivity index (χ4n) is 7.13. The minimum absolute atomic E-state index is 0.180. The second kappa shape index (κ2) is 4.01. The molecule has 1 saturated heterocycles. The van der Waals surface area contributed by atoms with Crippen LogP contribution in [-0.4, -0.2) is 44.6 Å². The van der Waals surface area contributed by atoms with Gasteiger partial charge >= 0.3 is 11.9 Å². The molecule has 25 heavy (non-hydrogen) atoms. The molecule has 0 amide bonds. The van der Waals surface area contributed by atoms with E-state index in [1.54, 1.807) is 19.1 Å². The smallest absolute Gasteiger partial charge is 0.316 e. The van der Waals surface area contributed by atoms with Crippen LogP contribution in [0.3, 0.4) is 0 Å². The molecule has 134 valence electrons. The maximum absolute atomic E-state index is 12.7. The van der Waals surface area contributed by atoms with Gasteiger partial charge in [0.1, 0.15) is 11.0 Å². The second-order valence-corrected chi connectivity index (χ2v) is 8.94. The Bertz CT molecular complexity index is 772. The van der Waals surface area contributed by atoms with E-state index in [9.17, 15) is 24.9 Å². The number of hydrogen-bond acceptors (Lipinski definition) is 5. The van der Waals surface area contributed by atoms with Gasteiger partial charge in [-0.2, -0.15) is 0 Å². The van der Waals surface area contributed by atoms with E-state index >= 15 is 0 Å². The number of carbonyl (C=O) groups is 2. The summed E-state index contributed by atoms with van der Waals surface area (Å²) < 4.78 is 5.87. The van der Waals surface area contributed by atoms with Crippen molar-refractivity contribution in [3.05, 3.63) is 24.3 Å². The highest BCUT2D eigenvalue weighted by Crippen LogP contribution is 2.77. The molecule has 5 aliphatic rings. The Morgan fingerprint density at radius 3 is 2.84 bits per heavy atom. The number of aliphatic carboxylic acids is 1. The molecule has 4 bridgehead atoms. The van der Waals surface area contributed by atoms with E-state index in [0.717, 1.165) is 0 Å². The number of ether oxygens (including phenoxy) is 1. The maximum atomic E-state index is 12.7. The van der Waals surface area contributed by atoms with Gasteiger partial charge in [0.2, 0.25) is 0 Å². The summed E-state index contributed by atoms with van der Waals surface area (Å²) >= 11 is 0. The van der Waals surface area contributed by atoms with E-state index in [0.29, 0.717) is 31.3 Å². The van der Waals surface area contributed by atoms with E-state index in [4.69, 9.17) is 4.74 Å². The molecule has 8 atom stereocenters. The lowest BCUT2D eigenvalue weighted by Crippen LogP contribution is -2.50. The fraction of sp³-hybridized carbons (Fsp3) is 0.684. The average Bonchev–Trinajstić information content (AvgIpc) is 2.95. The minimum atomic E-state index is -1.27. The zero-order valence-corrected chi connectivity index (χ0v) is 14.1. The van der Waals surface area contributed by atoms with Crippen molar-refractivity contribution in [2.45, 2.75) is 49.9 Å². The summed E-state index contributed by atoms with van der Waals surface area (Å²) in [5.41, 5.74) is -3.29. The SMILES string of the molecule is C=C1C[C@]23C[C@@]1(O)CC[C@@H]2[C@@]12C=CC(O)[C@@](C)(C(=O)O1)[C@@H]2[C@@H]3C(=O)O. The second-order valence-electron chi connectivity index (χ2n) is 8.94. The van der Waals surface area contributed by atoms with Gasteiger partial charge in [0.15, 0.2) is 0 Å². The minimum Gasteiger partial charge on any atom is -0.481 e. The van der Waals surface area contributed by atoms with Crippen molar-refractivity contribution in [3.8, 4) is 0 Å². The number of aliphatic hydroxyl groups excluding tert-OH is 1. The van der Waals surface area contributed by atoms with E-state index in [1.807, 2.05) is 0 Å². The van der Waals surface area contributed by atoms with Gasteiger partial charge in [0.25, 0.3) is 0 Å². The van der Waals surface area contributed by atoms with Crippen molar-refractivity contribution in [2.24, 2.45) is 28.6 Å². The third-order valence-corrected chi connectivity index (χ3v) is 8.12. The number of carboxylic acid groups (broad SMARTS) is 1. The monoisotopic (exact) mass is 346 g/mol. The van der Waals surface area contributed by atoms with Gasteiger partial charge in [-0.15, -0.1) is 0 Å². The molecule has 0 aromatic carbocycles. The topological polar surface area (TPSA) is 104 Å². The average molecular weight is 346 g/mol. The molecular weight excluding hydrogens is 324 g/mol. The highest BCUT2D eigenvalue weighted by molar-refractivity contribution is 5.86.